The lowest BCUT2D eigenvalue weighted by Gasteiger charge is -2.32. The number of carbonyl (C=O) groups is 2. The van der Waals surface area contributed by atoms with E-state index < -0.39 is 28.5 Å². The summed E-state index contributed by atoms with van der Waals surface area (Å²) in [4.78, 5) is 28.5. The summed E-state index contributed by atoms with van der Waals surface area (Å²) < 4.78 is 28.7. The second-order valence-electron chi connectivity index (χ2n) is 9.78. The predicted octanol–water partition coefficient (Wildman–Crippen LogP) is 5.48. The molecule has 9 heteroatoms. The van der Waals surface area contributed by atoms with E-state index in [1.54, 1.807) is 43.3 Å². The van der Waals surface area contributed by atoms with Crippen LogP contribution in [0, 0.1) is 13.8 Å². The molecule has 0 unspecified atom stereocenters. The van der Waals surface area contributed by atoms with Gasteiger partial charge in [-0.3, -0.25) is 13.9 Å². The molecule has 1 N–H and O–H groups in total. The summed E-state index contributed by atoms with van der Waals surface area (Å²) in [5.74, 6) is -0.838. The SMILES string of the molecule is CC[C@H](C)NC(=O)[C@@H](C)N(Cc1cccc(C)c1)C(=O)CN(c1ccccc1Cl)S(=O)(=O)c1ccc(C)cc1. The van der Waals surface area contributed by atoms with Gasteiger partial charge < -0.3 is 10.2 Å². The molecule has 7 nitrogen and oxygen atoms in total. The molecule has 3 aromatic rings. The van der Waals surface area contributed by atoms with Crippen LogP contribution >= 0.6 is 11.6 Å². The molecule has 3 rings (SSSR count). The molecule has 0 fully saturated rings. The average Bonchev–Trinajstić information content (AvgIpc) is 2.90. The highest BCUT2D eigenvalue weighted by Crippen LogP contribution is 2.31. The molecule has 0 bridgehead atoms. The Balaban J connectivity index is 2.04. The number of para-hydroxylation sites is 1. The molecule has 3 aromatic carbocycles. The van der Waals surface area contributed by atoms with Crippen LogP contribution in [0.5, 0.6) is 0 Å². The van der Waals surface area contributed by atoms with Gasteiger partial charge in [-0.2, -0.15) is 0 Å². The molecule has 39 heavy (non-hydrogen) atoms. The van der Waals surface area contributed by atoms with Crippen molar-refractivity contribution in [2.45, 2.75) is 64.6 Å². The summed E-state index contributed by atoms with van der Waals surface area (Å²) in [6.45, 7) is 8.92. The molecule has 0 aromatic heterocycles. The number of sulfonamides is 1. The highest BCUT2D eigenvalue weighted by atomic mass is 35.5. The van der Waals surface area contributed by atoms with Crippen molar-refractivity contribution in [3.05, 3.63) is 94.5 Å². The van der Waals surface area contributed by atoms with Crippen molar-refractivity contribution in [2.24, 2.45) is 0 Å². The Morgan fingerprint density at radius 3 is 2.21 bits per heavy atom. The van der Waals surface area contributed by atoms with Gasteiger partial charge in [0.05, 0.1) is 15.6 Å². The third-order valence-corrected chi connectivity index (χ3v) is 8.71. The monoisotopic (exact) mass is 569 g/mol. The lowest BCUT2D eigenvalue weighted by Crippen LogP contribution is -2.52. The van der Waals surface area contributed by atoms with Gasteiger partial charge in [0.25, 0.3) is 10.0 Å². The van der Waals surface area contributed by atoms with E-state index in [0.717, 1.165) is 27.4 Å². The standard InChI is InChI=1S/C30H36ClN3O4S/c1-6-23(4)32-30(36)24(5)33(19-25-11-9-10-22(3)18-25)29(35)20-34(28-13-8-7-12-27(28)31)39(37,38)26-16-14-21(2)15-17-26/h7-18,23-24H,6,19-20H2,1-5H3,(H,32,36)/t23-,24+/m0/s1. The van der Waals surface area contributed by atoms with Crippen molar-refractivity contribution in [3.8, 4) is 0 Å². The maximum atomic E-state index is 14.0. The maximum absolute atomic E-state index is 14.0. The fraction of sp³-hybridized carbons (Fsp3) is 0.333. The number of halogens is 1. The van der Waals surface area contributed by atoms with Crippen LogP contribution in [0.2, 0.25) is 5.02 Å². The molecule has 208 valence electrons. The minimum absolute atomic E-state index is 0.0358. The summed E-state index contributed by atoms with van der Waals surface area (Å²) in [5, 5.41) is 3.12. The second kappa shape index (κ2) is 13.1. The summed E-state index contributed by atoms with van der Waals surface area (Å²) in [6, 6.07) is 19.6. The number of hydrogen-bond donors (Lipinski definition) is 1. The second-order valence-corrected chi connectivity index (χ2v) is 12.1. The van der Waals surface area contributed by atoms with Crippen molar-refractivity contribution >= 4 is 39.1 Å². The Kier molecular flexibility index (Phi) is 10.2. The van der Waals surface area contributed by atoms with Gasteiger partial charge in [0.1, 0.15) is 12.6 Å². The van der Waals surface area contributed by atoms with Gasteiger partial charge in [0.2, 0.25) is 11.8 Å². The van der Waals surface area contributed by atoms with Crippen LogP contribution in [0.25, 0.3) is 0 Å². The fourth-order valence-corrected chi connectivity index (χ4v) is 5.78. The average molecular weight is 570 g/mol. The van der Waals surface area contributed by atoms with Crippen LogP contribution in [0.4, 0.5) is 5.69 Å². The summed E-state index contributed by atoms with van der Waals surface area (Å²) in [5.41, 5.74) is 2.92. The number of carbonyl (C=O) groups excluding carboxylic acids is 2. The van der Waals surface area contributed by atoms with E-state index in [0.29, 0.717) is 0 Å². The zero-order valence-electron chi connectivity index (χ0n) is 23.0. The first kappa shape index (κ1) is 30.2. The van der Waals surface area contributed by atoms with E-state index in [2.05, 4.69) is 5.32 Å². The molecule has 0 aliphatic carbocycles. The van der Waals surface area contributed by atoms with Gasteiger partial charge in [-0.1, -0.05) is 78.2 Å². The first-order valence-corrected chi connectivity index (χ1v) is 14.7. The maximum Gasteiger partial charge on any atom is 0.264 e. The molecule has 0 heterocycles. The Morgan fingerprint density at radius 2 is 1.59 bits per heavy atom. The van der Waals surface area contributed by atoms with Gasteiger partial charge >= 0.3 is 0 Å². The first-order chi connectivity index (χ1) is 18.4. The molecular formula is C30H36ClN3O4S. The highest BCUT2D eigenvalue weighted by Gasteiger charge is 2.33. The number of nitrogens with one attached hydrogen (secondary N) is 1. The van der Waals surface area contributed by atoms with Gasteiger partial charge in [-0.15, -0.1) is 0 Å². The van der Waals surface area contributed by atoms with Gasteiger partial charge in [-0.25, -0.2) is 8.42 Å². The normalized spacial score (nSPS) is 12.9. The molecule has 0 spiro atoms. The van der Waals surface area contributed by atoms with Crippen molar-refractivity contribution in [3.63, 3.8) is 0 Å². The Hall–Kier alpha value is -3.36. The topological polar surface area (TPSA) is 86.8 Å². The predicted molar refractivity (Wildman–Crippen MR) is 156 cm³/mol. The molecular weight excluding hydrogens is 534 g/mol. The van der Waals surface area contributed by atoms with Crippen LogP contribution < -0.4 is 9.62 Å². The molecule has 0 aliphatic heterocycles. The van der Waals surface area contributed by atoms with E-state index in [1.807, 2.05) is 52.0 Å². The molecule has 0 radical (unpaired) electrons. The number of hydrogen-bond acceptors (Lipinski definition) is 4. The van der Waals surface area contributed by atoms with Crippen LogP contribution in [-0.4, -0.2) is 43.8 Å². The lowest BCUT2D eigenvalue weighted by atomic mass is 10.1. The highest BCUT2D eigenvalue weighted by molar-refractivity contribution is 7.92. The number of aryl methyl sites for hydroxylation is 2. The molecule has 2 amide bonds. The van der Waals surface area contributed by atoms with Gasteiger partial charge in [0, 0.05) is 12.6 Å². The molecule has 2 atom stereocenters. The molecule has 0 saturated heterocycles. The third kappa shape index (κ3) is 7.61. The Bertz CT molecular complexity index is 1410. The van der Waals surface area contributed by atoms with Crippen LogP contribution in [0.3, 0.4) is 0 Å². The fourth-order valence-electron chi connectivity index (χ4n) is 4.06. The minimum Gasteiger partial charge on any atom is -0.352 e. The zero-order valence-corrected chi connectivity index (χ0v) is 24.6. The van der Waals surface area contributed by atoms with E-state index >= 15 is 0 Å². The summed E-state index contributed by atoms with van der Waals surface area (Å²) in [7, 11) is -4.17. The van der Waals surface area contributed by atoms with Crippen LogP contribution in [0.15, 0.2) is 77.7 Å². The number of anilines is 1. The number of nitrogens with zero attached hydrogens (tertiary/aromatic N) is 2. The van der Waals surface area contributed by atoms with E-state index in [9.17, 15) is 18.0 Å². The minimum atomic E-state index is -4.17. The smallest absolute Gasteiger partial charge is 0.264 e. The van der Waals surface area contributed by atoms with E-state index in [-0.39, 0.29) is 34.1 Å². The first-order valence-electron chi connectivity index (χ1n) is 12.9. The van der Waals surface area contributed by atoms with Crippen molar-refractivity contribution in [1.82, 2.24) is 10.2 Å². The lowest BCUT2D eigenvalue weighted by molar-refractivity contribution is -0.139. The largest absolute Gasteiger partial charge is 0.352 e. The van der Waals surface area contributed by atoms with Gasteiger partial charge in [-0.05, 0) is 63.9 Å². The quantitative estimate of drug-likeness (QED) is 0.331. The van der Waals surface area contributed by atoms with E-state index in [1.165, 1.54) is 17.0 Å². The molecule has 0 aliphatic rings. The summed E-state index contributed by atoms with van der Waals surface area (Å²) in [6.07, 6.45) is 0.735. The van der Waals surface area contributed by atoms with Gasteiger partial charge in [0.15, 0.2) is 0 Å². The number of benzene rings is 3. The Labute approximate surface area is 236 Å². The van der Waals surface area contributed by atoms with Crippen LogP contribution in [0.1, 0.15) is 43.9 Å². The zero-order chi connectivity index (χ0) is 28.7. The Morgan fingerprint density at radius 1 is 0.923 bits per heavy atom. The van der Waals surface area contributed by atoms with Crippen LogP contribution in [-0.2, 0) is 26.2 Å². The number of amides is 2. The molecule has 0 saturated carbocycles. The van der Waals surface area contributed by atoms with Crippen molar-refractivity contribution in [2.75, 3.05) is 10.8 Å². The number of rotatable bonds is 11. The van der Waals surface area contributed by atoms with Crippen molar-refractivity contribution in [1.29, 1.82) is 0 Å². The summed E-state index contributed by atoms with van der Waals surface area (Å²) >= 11 is 6.44. The van der Waals surface area contributed by atoms with Crippen molar-refractivity contribution < 1.29 is 18.0 Å². The third-order valence-electron chi connectivity index (χ3n) is 6.61. The van der Waals surface area contributed by atoms with E-state index in [4.69, 9.17) is 11.6 Å².